The van der Waals surface area contributed by atoms with Crippen molar-refractivity contribution in [2.75, 3.05) is 14.2 Å². The number of nitrogens with one attached hydrogen (secondary N) is 1. The fourth-order valence-corrected chi connectivity index (χ4v) is 2.91. The van der Waals surface area contributed by atoms with Gasteiger partial charge in [0.15, 0.2) is 0 Å². The third kappa shape index (κ3) is 2.32. The minimum atomic E-state index is -0.665. The summed E-state index contributed by atoms with van der Waals surface area (Å²) in [5, 5.41) is 6.93. The molecule has 0 fully saturated rings. The molecule has 1 unspecified atom stereocenters. The topological polar surface area (TPSA) is 125 Å². The molecule has 1 amide bonds. The molecule has 0 saturated heterocycles. The van der Waals surface area contributed by atoms with Gasteiger partial charge in [-0.05, 0) is 13.0 Å². The van der Waals surface area contributed by atoms with Gasteiger partial charge in [0.25, 0.3) is 5.91 Å². The number of aromatic nitrogens is 2. The number of amides is 1. The SMILES string of the molecule is COc1ccc(C2C(C(N)=O)=C(N)Oc3n[nH]c(C)c32)c(OC)c1. The predicted molar refractivity (Wildman–Crippen MR) is 85.7 cm³/mol. The molecule has 3 rings (SSSR count). The number of fused-ring (bicyclic) bond motifs is 1. The molecule has 5 N–H and O–H groups in total. The zero-order chi connectivity index (χ0) is 17.4. The molecule has 0 spiro atoms. The maximum absolute atomic E-state index is 12.0. The first kappa shape index (κ1) is 15.7. The number of carbonyl (C=O) groups is 1. The van der Waals surface area contributed by atoms with E-state index in [1.807, 2.05) is 6.92 Å². The molecule has 1 aliphatic heterocycles. The highest BCUT2D eigenvalue weighted by Crippen LogP contribution is 2.46. The number of nitrogens with zero attached hydrogens (tertiary/aromatic N) is 1. The van der Waals surface area contributed by atoms with Crippen LogP contribution in [0.5, 0.6) is 17.4 Å². The second-order valence-corrected chi connectivity index (χ2v) is 5.35. The first-order valence-corrected chi connectivity index (χ1v) is 7.22. The fourth-order valence-electron chi connectivity index (χ4n) is 2.91. The lowest BCUT2D eigenvalue weighted by Gasteiger charge is -2.26. The number of hydrogen-bond donors (Lipinski definition) is 3. The van der Waals surface area contributed by atoms with E-state index in [0.717, 1.165) is 5.69 Å². The van der Waals surface area contributed by atoms with Gasteiger partial charge in [0.2, 0.25) is 11.8 Å². The van der Waals surface area contributed by atoms with Crippen molar-refractivity contribution in [3.05, 3.63) is 46.5 Å². The monoisotopic (exact) mass is 330 g/mol. The van der Waals surface area contributed by atoms with Crippen LogP contribution in [-0.4, -0.2) is 30.3 Å². The van der Waals surface area contributed by atoms with Crippen molar-refractivity contribution < 1.29 is 19.0 Å². The second-order valence-electron chi connectivity index (χ2n) is 5.35. The Kier molecular flexibility index (Phi) is 3.80. The van der Waals surface area contributed by atoms with E-state index in [1.165, 1.54) is 7.11 Å². The van der Waals surface area contributed by atoms with E-state index in [1.54, 1.807) is 25.3 Å². The highest BCUT2D eigenvalue weighted by Gasteiger charge is 2.38. The number of nitrogens with two attached hydrogens (primary N) is 2. The molecule has 0 bridgehead atoms. The third-order valence-corrected chi connectivity index (χ3v) is 4.03. The molecule has 1 atom stereocenters. The summed E-state index contributed by atoms with van der Waals surface area (Å²) in [6.45, 7) is 1.83. The quantitative estimate of drug-likeness (QED) is 0.765. The summed E-state index contributed by atoms with van der Waals surface area (Å²) in [5.74, 6) is 0.207. The van der Waals surface area contributed by atoms with Gasteiger partial charge in [-0.2, -0.15) is 0 Å². The molecule has 0 radical (unpaired) electrons. The maximum Gasteiger partial charge on any atom is 0.250 e. The summed E-state index contributed by atoms with van der Waals surface area (Å²) in [6.07, 6.45) is 0. The highest BCUT2D eigenvalue weighted by atomic mass is 16.5. The van der Waals surface area contributed by atoms with Crippen LogP contribution in [0.4, 0.5) is 0 Å². The van der Waals surface area contributed by atoms with Crippen molar-refractivity contribution in [2.24, 2.45) is 11.5 Å². The Bertz CT molecular complexity index is 841. The molecule has 1 aromatic heterocycles. The molecule has 24 heavy (non-hydrogen) atoms. The smallest absolute Gasteiger partial charge is 0.250 e. The molecule has 1 aliphatic rings. The van der Waals surface area contributed by atoms with E-state index in [0.29, 0.717) is 28.5 Å². The number of carbonyl (C=O) groups excluding carboxylic acids is 1. The van der Waals surface area contributed by atoms with E-state index in [-0.39, 0.29) is 11.5 Å². The van der Waals surface area contributed by atoms with Crippen LogP contribution < -0.4 is 25.7 Å². The van der Waals surface area contributed by atoms with E-state index in [2.05, 4.69) is 10.2 Å². The number of aryl methyl sites for hydroxylation is 1. The first-order chi connectivity index (χ1) is 11.5. The zero-order valence-corrected chi connectivity index (χ0v) is 13.5. The largest absolute Gasteiger partial charge is 0.497 e. The molecule has 0 saturated carbocycles. The Balaban J connectivity index is 2.27. The van der Waals surface area contributed by atoms with E-state index >= 15 is 0 Å². The number of ether oxygens (including phenoxy) is 3. The summed E-state index contributed by atoms with van der Waals surface area (Å²) in [5.41, 5.74) is 13.8. The average molecular weight is 330 g/mol. The molecule has 0 aliphatic carbocycles. The van der Waals surface area contributed by atoms with Gasteiger partial charge >= 0.3 is 0 Å². The zero-order valence-electron chi connectivity index (χ0n) is 13.5. The summed E-state index contributed by atoms with van der Waals surface area (Å²) in [7, 11) is 3.10. The van der Waals surface area contributed by atoms with Crippen LogP contribution in [0, 0.1) is 6.92 Å². The fraction of sp³-hybridized carbons (Fsp3) is 0.250. The van der Waals surface area contributed by atoms with Crippen molar-refractivity contribution in [1.29, 1.82) is 0 Å². The van der Waals surface area contributed by atoms with Crippen LogP contribution in [0.15, 0.2) is 29.7 Å². The minimum Gasteiger partial charge on any atom is -0.497 e. The van der Waals surface area contributed by atoms with Gasteiger partial charge in [-0.3, -0.25) is 9.89 Å². The van der Waals surface area contributed by atoms with Crippen molar-refractivity contribution in [3.63, 3.8) is 0 Å². The molecule has 2 heterocycles. The van der Waals surface area contributed by atoms with Crippen LogP contribution in [0.2, 0.25) is 0 Å². The Labute approximate surface area is 138 Å². The Hall–Kier alpha value is -3.16. The molecular weight excluding hydrogens is 312 g/mol. The maximum atomic E-state index is 12.0. The Morgan fingerprint density at radius 3 is 2.71 bits per heavy atom. The molecule has 8 nitrogen and oxygen atoms in total. The average Bonchev–Trinajstić information content (AvgIpc) is 2.93. The van der Waals surface area contributed by atoms with E-state index in [9.17, 15) is 4.79 Å². The van der Waals surface area contributed by atoms with Crippen LogP contribution >= 0.6 is 0 Å². The van der Waals surface area contributed by atoms with Gasteiger partial charge < -0.3 is 25.7 Å². The lowest BCUT2D eigenvalue weighted by Crippen LogP contribution is -2.30. The van der Waals surface area contributed by atoms with Crippen LogP contribution in [0.1, 0.15) is 22.7 Å². The van der Waals surface area contributed by atoms with E-state index < -0.39 is 11.8 Å². The van der Waals surface area contributed by atoms with Crippen LogP contribution in [0.25, 0.3) is 0 Å². The standard InChI is InChI=1S/C16H18N4O4/c1-7-11-12(9-5-4-8(22-2)6-10(9)23-3)13(14(17)21)15(18)24-16(11)20-19-7/h4-6,12H,18H2,1-3H3,(H2,17,21)(H,19,20). The molecule has 2 aromatic rings. The lowest BCUT2D eigenvalue weighted by atomic mass is 9.82. The number of hydrogen-bond acceptors (Lipinski definition) is 6. The van der Waals surface area contributed by atoms with E-state index in [4.69, 9.17) is 25.7 Å². The summed E-state index contributed by atoms with van der Waals surface area (Å²) < 4.78 is 16.1. The molecular formula is C16H18N4O4. The summed E-state index contributed by atoms with van der Waals surface area (Å²) >= 11 is 0. The first-order valence-electron chi connectivity index (χ1n) is 7.22. The van der Waals surface area contributed by atoms with Crippen LogP contribution in [-0.2, 0) is 4.79 Å². The Morgan fingerprint density at radius 2 is 2.08 bits per heavy atom. The van der Waals surface area contributed by atoms with Gasteiger partial charge in [0.1, 0.15) is 11.5 Å². The summed E-state index contributed by atoms with van der Waals surface area (Å²) in [4.78, 5) is 12.0. The number of H-pyrrole nitrogens is 1. The number of benzene rings is 1. The molecule has 1 aromatic carbocycles. The molecule has 126 valence electrons. The molecule has 8 heteroatoms. The predicted octanol–water partition coefficient (Wildman–Crippen LogP) is 0.915. The third-order valence-electron chi connectivity index (χ3n) is 4.03. The second kappa shape index (κ2) is 5.80. The van der Waals surface area contributed by atoms with Gasteiger partial charge in [0, 0.05) is 22.9 Å². The number of methoxy groups -OCH3 is 2. The number of rotatable bonds is 4. The van der Waals surface area contributed by atoms with Crippen LogP contribution in [0.3, 0.4) is 0 Å². The van der Waals surface area contributed by atoms with Crippen molar-refractivity contribution in [1.82, 2.24) is 10.2 Å². The lowest BCUT2D eigenvalue weighted by molar-refractivity contribution is -0.115. The van der Waals surface area contributed by atoms with Crippen molar-refractivity contribution >= 4 is 5.91 Å². The van der Waals surface area contributed by atoms with Gasteiger partial charge in [-0.15, -0.1) is 5.10 Å². The minimum absolute atomic E-state index is 0.0654. The van der Waals surface area contributed by atoms with Gasteiger partial charge in [0.05, 0.1) is 25.7 Å². The normalized spacial score (nSPS) is 16.4. The van der Waals surface area contributed by atoms with Gasteiger partial charge in [-0.25, -0.2) is 0 Å². The van der Waals surface area contributed by atoms with Crippen molar-refractivity contribution in [2.45, 2.75) is 12.8 Å². The van der Waals surface area contributed by atoms with Crippen molar-refractivity contribution in [3.8, 4) is 17.4 Å². The Morgan fingerprint density at radius 1 is 1.33 bits per heavy atom. The number of aromatic amines is 1. The van der Waals surface area contributed by atoms with Gasteiger partial charge in [-0.1, -0.05) is 6.07 Å². The highest BCUT2D eigenvalue weighted by molar-refractivity contribution is 5.95. The number of primary amides is 1. The summed E-state index contributed by atoms with van der Waals surface area (Å²) in [6, 6.07) is 5.31.